The molecule has 2 aromatic heterocycles. The largest absolute Gasteiger partial charge is 0.486 e. The van der Waals surface area contributed by atoms with Crippen LogP contribution in [-0.2, 0) is 0 Å². The van der Waals surface area contributed by atoms with Gasteiger partial charge in [0.15, 0.2) is 28.1 Å². The lowest BCUT2D eigenvalue weighted by atomic mass is 10.2. The molecule has 0 aliphatic carbocycles. The zero-order chi connectivity index (χ0) is 15.8. The Morgan fingerprint density at radius 3 is 2.74 bits per heavy atom. The molecule has 23 heavy (non-hydrogen) atoms. The number of ether oxygens (including phenoxy) is 2. The zero-order valence-corrected chi connectivity index (χ0v) is 12.6. The predicted molar refractivity (Wildman–Crippen MR) is 82.4 cm³/mol. The third-order valence-electron chi connectivity index (χ3n) is 3.27. The molecule has 0 saturated heterocycles. The van der Waals surface area contributed by atoms with E-state index >= 15 is 0 Å². The molecule has 3 heterocycles. The Kier molecular flexibility index (Phi) is 3.17. The molecule has 0 atom stereocenters. The van der Waals surface area contributed by atoms with Gasteiger partial charge >= 0.3 is 0 Å². The number of H-pyrrole nitrogens is 1. The van der Waals surface area contributed by atoms with Crippen LogP contribution in [-0.4, -0.2) is 33.1 Å². The van der Waals surface area contributed by atoms with E-state index in [0.29, 0.717) is 57.3 Å². The van der Waals surface area contributed by atoms with Crippen LogP contribution in [0, 0.1) is 11.3 Å². The maximum atomic E-state index is 9.35. The first-order valence-electron chi connectivity index (χ1n) is 6.72. The molecular weight excluding hydrogens is 316 g/mol. The number of aromatic amines is 1. The maximum Gasteiger partial charge on any atom is 0.183 e. The molecule has 0 fully saturated rings. The average Bonchev–Trinajstić information content (AvgIpc) is 2.98. The Balaban J connectivity index is 1.75. The van der Waals surface area contributed by atoms with Crippen LogP contribution < -0.4 is 15.2 Å². The van der Waals surface area contributed by atoms with Crippen molar-refractivity contribution in [1.29, 1.82) is 5.26 Å². The summed E-state index contributed by atoms with van der Waals surface area (Å²) in [6.07, 6.45) is 1.36. The monoisotopic (exact) mass is 326 g/mol. The highest BCUT2D eigenvalue weighted by atomic mass is 32.2. The fourth-order valence-electron chi connectivity index (χ4n) is 2.22. The van der Waals surface area contributed by atoms with Gasteiger partial charge < -0.3 is 20.2 Å². The van der Waals surface area contributed by atoms with Crippen LogP contribution in [0.4, 0.5) is 5.82 Å². The SMILES string of the molecule is N#Cc1cc2c(cc1Sc1nc3ncnc(N)c3[nH]1)OCCO2. The average molecular weight is 326 g/mol. The first kappa shape index (κ1) is 13.7. The number of nitriles is 1. The number of benzene rings is 1. The Labute approximate surface area is 134 Å². The molecule has 1 aliphatic rings. The van der Waals surface area contributed by atoms with Gasteiger partial charge in [0.05, 0.1) is 5.56 Å². The van der Waals surface area contributed by atoms with E-state index in [1.165, 1.54) is 18.1 Å². The maximum absolute atomic E-state index is 9.35. The minimum Gasteiger partial charge on any atom is -0.486 e. The van der Waals surface area contributed by atoms with Crippen molar-refractivity contribution < 1.29 is 9.47 Å². The molecule has 0 spiro atoms. The van der Waals surface area contributed by atoms with Gasteiger partial charge in [0.1, 0.15) is 31.1 Å². The summed E-state index contributed by atoms with van der Waals surface area (Å²) >= 11 is 1.30. The fourth-order valence-corrected chi connectivity index (χ4v) is 3.09. The van der Waals surface area contributed by atoms with Crippen molar-refractivity contribution >= 4 is 28.7 Å². The Hall–Kier alpha value is -2.99. The summed E-state index contributed by atoms with van der Waals surface area (Å²) < 4.78 is 11.0. The number of hydrogen-bond donors (Lipinski definition) is 2. The van der Waals surface area contributed by atoms with Crippen molar-refractivity contribution in [2.45, 2.75) is 10.1 Å². The molecule has 4 rings (SSSR count). The van der Waals surface area contributed by atoms with E-state index in [-0.39, 0.29) is 0 Å². The Morgan fingerprint density at radius 1 is 1.22 bits per heavy atom. The number of anilines is 1. The summed E-state index contributed by atoms with van der Waals surface area (Å²) in [6.45, 7) is 0.964. The number of nitrogen functional groups attached to an aromatic ring is 1. The summed E-state index contributed by atoms with van der Waals surface area (Å²) in [7, 11) is 0. The van der Waals surface area contributed by atoms with Crippen molar-refractivity contribution in [1.82, 2.24) is 19.9 Å². The van der Waals surface area contributed by atoms with Gasteiger partial charge in [-0.05, 0) is 6.07 Å². The minimum absolute atomic E-state index is 0.331. The lowest BCUT2D eigenvalue weighted by Crippen LogP contribution is -2.15. The van der Waals surface area contributed by atoms with Gasteiger partial charge in [-0.2, -0.15) is 5.26 Å². The van der Waals surface area contributed by atoms with Crippen LogP contribution in [0.1, 0.15) is 5.56 Å². The number of rotatable bonds is 2. The van der Waals surface area contributed by atoms with E-state index in [2.05, 4.69) is 26.0 Å². The molecule has 1 aromatic carbocycles. The highest BCUT2D eigenvalue weighted by Gasteiger charge is 2.18. The van der Waals surface area contributed by atoms with Crippen molar-refractivity contribution in [3.8, 4) is 17.6 Å². The summed E-state index contributed by atoms with van der Waals surface area (Å²) in [5, 5.41) is 9.92. The number of hydrogen-bond acceptors (Lipinski definition) is 8. The second kappa shape index (κ2) is 5.33. The number of nitrogens with one attached hydrogen (secondary N) is 1. The van der Waals surface area contributed by atoms with Crippen molar-refractivity contribution in [3.05, 3.63) is 24.0 Å². The Bertz CT molecular complexity index is 948. The molecule has 0 saturated carbocycles. The van der Waals surface area contributed by atoms with Crippen LogP contribution in [0.5, 0.6) is 11.5 Å². The summed E-state index contributed by atoms with van der Waals surface area (Å²) in [4.78, 5) is 16.1. The quantitative estimate of drug-likeness (QED) is 0.730. The second-order valence-electron chi connectivity index (χ2n) is 4.71. The number of nitrogens with two attached hydrogens (primary N) is 1. The highest BCUT2D eigenvalue weighted by molar-refractivity contribution is 7.99. The molecule has 1 aliphatic heterocycles. The van der Waals surface area contributed by atoms with E-state index < -0.39 is 0 Å². The van der Waals surface area contributed by atoms with Crippen molar-refractivity contribution in [3.63, 3.8) is 0 Å². The lowest BCUT2D eigenvalue weighted by molar-refractivity contribution is 0.171. The van der Waals surface area contributed by atoms with Crippen LogP contribution >= 0.6 is 11.8 Å². The molecule has 9 heteroatoms. The number of aromatic nitrogens is 4. The number of imidazole rings is 1. The number of nitrogens with zero attached hydrogens (tertiary/aromatic N) is 4. The van der Waals surface area contributed by atoms with Gasteiger partial charge in [0.2, 0.25) is 0 Å². The van der Waals surface area contributed by atoms with Gasteiger partial charge in [-0.25, -0.2) is 15.0 Å². The molecule has 3 N–H and O–H groups in total. The first-order valence-corrected chi connectivity index (χ1v) is 7.54. The molecule has 0 amide bonds. The molecule has 8 nitrogen and oxygen atoms in total. The van der Waals surface area contributed by atoms with Gasteiger partial charge in [-0.3, -0.25) is 0 Å². The molecule has 0 radical (unpaired) electrons. The van der Waals surface area contributed by atoms with Gasteiger partial charge in [-0.1, -0.05) is 11.8 Å². The molecule has 114 valence electrons. The van der Waals surface area contributed by atoms with E-state index in [0.717, 1.165) is 0 Å². The Morgan fingerprint density at radius 2 is 2.00 bits per heavy atom. The minimum atomic E-state index is 0.331. The van der Waals surface area contributed by atoms with Crippen LogP contribution in [0.3, 0.4) is 0 Å². The first-order chi connectivity index (χ1) is 11.2. The smallest absolute Gasteiger partial charge is 0.183 e. The number of fused-ring (bicyclic) bond motifs is 2. The van der Waals surface area contributed by atoms with Crippen LogP contribution in [0.2, 0.25) is 0 Å². The van der Waals surface area contributed by atoms with Crippen LogP contribution in [0.25, 0.3) is 11.2 Å². The topological polar surface area (TPSA) is 123 Å². The second-order valence-corrected chi connectivity index (χ2v) is 5.74. The van der Waals surface area contributed by atoms with E-state index in [9.17, 15) is 5.26 Å². The van der Waals surface area contributed by atoms with Crippen molar-refractivity contribution in [2.24, 2.45) is 0 Å². The molecular formula is C14H10N6O2S. The molecule has 0 unspecified atom stereocenters. The van der Waals surface area contributed by atoms with Gasteiger partial charge in [0.25, 0.3) is 0 Å². The fraction of sp³-hybridized carbons (Fsp3) is 0.143. The zero-order valence-electron chi connectivity index (χ0n) is 11.7. The van der Waals surface area contributed by atoms with Crippen LogP contribution in [0.15, 0.2) is 28.5 Å². The molecule has 0 bridgehead atoms. The summed E-state index contributed by atoms with van der Waals surface area (Å²) in [5.41, 5.74) is 7.33. The lowest BCUT2D eigenvalue weighted by Gasteiger charge is -2.19. The standard InChI is InChI=1S/C14H10N6O2S/c15-5-7-3-8-9(22-2-1-21-8)4-10(7)23-14-19-11-12(16)17-6-18-13(11)20-14/h3-4,6H,1-2H2,(H3,16,17,18,19,20). The summed E-state index contributed by atoms with van der Waals surface area (Å²) in [6, 6.07) is 5.61. The van der Waals surface area contributed by atoms with E-state index in [1.54, 1.807) is 12.1 Å². The molecule has 3 aromatic rings. The van der Waals surface area contributed by atoms with Gasteiger partial charge in [-0.15, -0.1) is 0 Å². The van der Waals surface area contributed by atoms with E-state index in [4.69, 9.17) is 15.2 Å². The summed E-state index contributed by atoms with van der Waals surface area (Å²) in [5.74, 6) is 1.53. The highest BCUT2D eigenvalue weighted by Crippen LogP contribution is 2.39. The third-order valence-corrected chi connectivity index (χ3v) is 4.21. The van der Waals surface area contributed by atoms with Gasteiger partial charge in [0, 0.05) is 11.0 Å². The normalized spacial score (nSPS) is 13.0. The van der Waals surface area contributed by atoms with Crippen molar-refractivity contribution in [2.75, 3.05) is 18.9 Å². The predicted octanol–water partition coefficient (Wildman–Crippen LogP) is 1.73. The van der Waals surface area contributed by atoms with E-state index in [1.807, 2.05) is 0 Å². The third kappa shape index (κ3) is 2.39.